The lowest BCUT2D eigenvalue weighted by atomic mass is 9.90. The van der Waals surface area contributed by atoms with Crippen LogP contribution in [-0.2, 0) is 5.66 Å². The smallest absolute Gasteiger partial charge is 0.262 e. The third-order valence-electron chi connectivity index (χ3n) is 6.87. The average molecular weight is 426 g/mol. The summed E-state index contributed by atoms with van der Waals surface area (Å²) in [6, 6.07) is 33.0. The SMILES string of the molecule is O=C1c2ccccc2NC2(C(=O)c3cccc4cccc2c34)N1c1ccc2ccccc2c1. The summed E-state index contributed by atoms with van der Waals surface area (Å²) >= 11 is 0. The summed E-state index contributed by atoms with van der Waals surface area (Å²) in [6.07, 6.45) is 0. The molecule has 4 heteroatoms. The van der Waals surface area contributed by atoms with Gasteiger partial charge in [0.05, 0.1) is 5.56 Å². The number of carbonyl (C=O) groups excluding carboxylic acids is 2. The van der Waals surface area contributed by atoms with Gasteiger partial charge in [0.15, 0.2) is 0 Å². The summed E-state index contributed by atoms with van der Waals surface area (Å²) in [5.74, 6) is -0.317. The van der Waals surface area contributed by atoms with Crippen molar-refractivity contribution < 1.29 is 9.59 Å². The van der Waals surface area contributed by atoms with Crippen LogP contribution in [0.4, 0.5) is 11.4 Å². The highest BCUT2D eigenvalue weighted by Gasteiger charge is 2.57. The van der Waals surface area contributed by atoms with E-state index in [1.807, 2.05) is 97.1 Å². The van der Waals surface area contributed by atoms with Gasteiger partial charge in [0.2, 0.25) is 11.4 Å². The molecule has 1 atom stereocenters. The van der Waals surface area contributed by atoms with Crippen LogP contribution in [0.3, 0.4) is 0 Å². The van der Waals surface area contributed by atoms with E-state index in [1.54, 1.807) is 11.0 Å². The Balaban J connectivity index is 1.57. The molecule has 1 amide bonds. The van der Waals surface area contributed by atoms with Crippen molar-refractivity contribution in [1.29, 1.82) is 0 Å². The van der Waals surface area contributed by atoms with E-state index in [9.17, 15) is 9.59 Å². The molecule has 1 spiro atoms. The number of para-hydroxylation sites is 1. The van der Waals surface area contributed by atoms with E-state index >= 15 is 0 Å². The van der Waals surface area contributed by atoms with Crippen molar-refractivity contribution in [2.45, 2.75) is 5.66 Å². The minimum Gasteiger partial charge on any atom is -0.351 e. The molecule has 1 aliphatic carbocycles. The molecular formula is C29H18N2O2. The van der Waals surface area contributed by atoms with Crippen molar-refractivity contribution in [2.75, 3.05) is 10.2 Å². The molecule has 1 N–H and O–H groups in total. The zero-order valence-corrected chi connectivity index (χ0v) is 17.6. The van der Waals surface area contributed by atoms with E-state index in [2.05, 4.69) is 5.32 Å². The van der Waals surface area contributed by atoms with Crippen molar-refractivity contribution in [3.8, 4) is 0 Å². The summed E-state index contributed by atoms with van der Waals surface area (Å²) in [7, 11) is 0. The van der Waals surface area contributed by atoms with E-state index in [-0.39, 0.29) is 11.7 Å². The van der Waals surface area contributed by atoms with Crippen LogP contribution < -0.4 is 10.2 Å². The van der Waals surface area contributed by atoms with Crippen LogP contribution in [0.1, 0.15) is 26.3 Å². The van der Waals surface area contributed by atoms with Crippen LogP contribution in [0.25, 0.3) is 21.5 Å². The van der Waals surface area contributed by atoms with Gasteiger partial charge in [0, 0.05) is 27.9 Å². The van der Waals surface area contributed by atoms with Gasteiger partial charge in [-0.3, -0.25) is 14.5 Å². The zero-order valence-electron chi connectivity index (χ0n) is 17.6. The van der Waals surface area contributed by atoms with E-state index in [4.69, 9.17) is 0 Å². The number of hydrogen-bond donors (Lipinski definition) is 1. The summed E-state index contributed by atoms with van der Waals surface area (Å²) in [5, 5.41) is 7.49. The largest absolute Gasteiger partial charge is 0.351 e. The second kappa shape index (κ2) is 6.30. The van der Waals surface area contributed by atoms with Gasteiger partial charge in [0.1, 0.15) is 0 Å². The molecule has 0 bridgehead atoms. The van der Waals surface area contributed by atoms with Gasteiger partial charge in [0.25, 0.3) is 5.91 Å². The quantitative estimate of drug-likeness (QED) is 0.352. The Bertz CT molecular complexity index is 1650. The first-order valence-electron chi connectivity index (χ1n) is 11.0. The Morgan fingerprint density at radius 2 is 1.33 bits per heavy atom. The number of hydrogen-bond acceptors (Lipinski definition) is 3. The molecule has 1 aliphatic heterocycles. The molecule has 0 radical (unpaired) electrons. The van der Waals surface area contributed by atoms with Crippen LogP contribution in [0.15, 0.2) is 103 Å². The van der Waals surface area contributed by atoms with Gasteiger partial charge in [-0.2, -0.15) is 0 Å². The molecule has 4 nitrogen and oxygen atoms in total. The fourth-order valence-electron chi connectivity index (χ4n) is 5.42. The number of carbonyl (C=O) groups is 2. The molecule has 0 aromatic heterocycles. The highest BCUT2D eigenvalue weighted by Crippen LogP contribution is 2.50. The number of nitrogens with zero attached hydrogens (tertiary/aromatic N) is 1. The lowest BCUT2D eigenvalue weighted by Crippen LogP contribution is -2.61. The molecule has 0 saturated heterocycles. The van der Waals surface area contributed by atoms with Crippen LogP contribution in [0.2, 0.25) is 0 Å². The molecule has 0 fully saturated rings. The number of amides is 1. The molecule has 1 heterocycles. The van der Waals surface area contributed by atoms with Gasteiger partial charge < -0.3 is 5.32 Å². The zero-order chi connectivity index (χ0) is 22.2. The lowest BCUT2D eigenvalue weighted by Gasteiger charge is -2.45. The maximum atomic E-state index is 14.2. The van der Waals surface area contributed by atoms with Crippen LogP contribution in [0, 0.1) is 0 Å². The second-order valence-corrected chi connectivity index (χ2v) is 8.59. The predicted molar refractivity (Wildman–Crippen MR) is 131 cm³/mol. The molecule has 5 aromatic carbocycles. The number of anilines is 2. The summed E-state index contributed by atoms with van der Waals surface area (Å²) in [4.78, 5) is 29.9. The third kappa shape index (κ3) is 2.24. The fraction of sp³-hybridized carbons (Fsp3) is 0.0345. The van der Waals surface area contributed by atoms with Crippen molar-refractivity contribution in [3.63, 3.8) is 0 Å². The van der Waals surface area contributed by atoms with E-state index in [0.29, 0.717) is 22.5 Å². The lowest BCUT2D eigenvalue weighted by molar-refractivity contribution is 0.0840. The van der Waals surface area contributed by atoms with Gasteiger partial charge in [-0.25, -0.2) is 0 Å². The molecule has 33 heavy (non-hydrogen) atoms. The predicted octanol–water partition coefficient (Wildman–Crippen LogP) is 6.11. The maximum absolute atomic E-state index is 14.2. The maximum Gasteiger partial charge on any atom is 0.262 e. The summed E-state index contributed by atoms with van der Waals surface area (Å²) < 4.78 is 0. The van der Waals surface area contributed by atoms with Gasteiger partial charge in [-0.05, 0) is 40.4 Å². The number of Topliss-reactive ketones (excluding diaryl/α,β-unsaturated/α-hetero) is 1. The van der Waals surface area contributed by atoms with Gasteiger partial charge in [-0.15, -0.1) is 0 Å². The first kappa shape index (κ1) is 18.2. The summed E-state index contributed by atoms with van der Waals surface area (Å²) in [5.41, 5.74) is 1.98. The number of benzene rings is 5. The average Bonchev–Trinajstić information content (AvgIpc) is 3.09. The van der Waals surface area contributed by atoms with Crippen LogP contribution in [0.5, 0.6) is 0 Å². The highest BCUT2D eigenvalue weighted by molar-refractivity contribution is 6.28. The van der Waals surface area contributed by atoms with Crippen LogP contribution in [-0.4, -0.2) is 11.7 Å². The van der Waals surface area contributed by atoms with Crippen molar-refractivity contribution in [2.24, 2.45) is 0 Å². The highest BCUT2D eigenvalue weighted by atomic mass is 16.2. The Morgan fingerprint density at radius 1 is 0.636 bits per heavy atom. The molecule has 2 aliphatic rings. The van der Waals surface area contributed by atoms with Crippen molar-refractivity contribution in [3.05, 3.63) is 120 Å². The molecule has 0 saturated carbocycles. The van der Waals surface area contributed by atoms with Gasteiger partial charge in [-0.1, -0.05) is 78.9 Å². The van der Waals surface area contributed by atoms with Crippen LogP contribution >= 0.6 is 0 Å². The number of ketones is 1. The van der Waals surface area contributed by atoms with E-state index < -0.39 is 5.66 Å². The minimum absolute atomic E-state index is 0.120. The Morgan fingerprint density at radius 3 is 2.21 bits per heavy atom. The monoisotopic (exact) mass is 426 g/mol. The summed E-state index contributed by atoms with van der Waals surface area (Å²) in [6.45, 7) is 0. The second-order valence-electron chi connectivity index (χ2n) is 8.59. The Hall–Kier alpha value is -4.44. The van der Waals surface area contributed by atoms with E-state index in [0.717, 1.165) is 27.1 Å². The topological polar surface area (TPSA) is 49.4 Å². The normalized spacial score (nSPS) is 18.7. The number of rotatable bonds is 1. The third-order valence-corrected chi connectivity index (χ3v) is 6.87. The standard InChI is InChI=1S/C29H18N2O2/c32-27-23-12-5-9-19-10-6-13-24(26(19)23)29(27)30-25-14-4-3-11-22(25)28(33)31(29)21-16-15-18-7-1-2-8-20(18)17-21/h1-17,30H. The Labute approximate surface area is 190 Å². The Kier molecular flexibility index (Phi) is 3.47. The first-order chi connectivity index (χ1) is 16.2. The number of fused-ring (bicyclic) bond motifs is 3. The number of nitrogens with one attached hydrogen (secondary N) is 1. The van der Waals surface area contributed by atoms with Crippen molar-refractivity contribution in [1.82, 2.24) is 0 Å². The van der Waals surface area contributed by atoms with Crippen molar-refractivity contribution >= 4 is 44.6 Å². The molecular weight excluding hydrogens is 408 g/mol. The molecule has 5 aromatic rings. The molecule has 156 valence electrons. The van der Waals surface area contributed by atoms with Gasteiger partial charge >= 0.3 is 0 Å². The molecule has 1 unspecified atom stereocenters. The minimum atomic E-state index is -1.35. The molecule has 7 rings (SSSR count). The first-order valence-corrected chi connectivity index (χ1v) is 11.0. The fourth-order valence-corrected chi connectivity index (χ4v) is 5.42. The van der Waals surface area contributed by atoms with E-state index in [1.165, 1.54) is 0 Å².